The van der Waals surface area contributed by atoms with E-state index in [-0.39, 0.29) is 5.92 Å². The molecule has 106 valence electrons. The van der Waals surface area contributed by atoms with Gasteiger partial charge in [-0.3, -0.25) is 4.79 Å². The molecular weight excluding hydrogens is 232 g/mol. The molecule has 0 unspecified atom stereocenters. The van der Waals surface area contributed by atoms with Crippen molar-refractivity contribution < 1.29 is 15.0 Å². The smallest absolute Gasteiger partial charge is 0.306 e. The molecule has 0 atom stereocenters. The van der Waals surface area contributed by atoms with Crippen molar-refractivity contribution in [2.75, 3.05) is 33.7 Å². The topological polar surface area (TPSA) is 72.8 Å². The van der Waals surface area contributed by atoms with Crippen LogP contribution in [-0.2, 0) is 4.79 Å². The zero-order valence-electron chi connectivity index (χ0n) is 11.5. The van der Waals surface area contributed by atoms with Crippen LogP contribution in [0.25, 0.3) is 0 Å². The Labute approximate surface area is 109 Å². The zero-order valence-corrected chi connectivity index (χ0v) is 11.5. The first kappa shape index (κ1) is 15.4. The van der Waals surface area contributed by atoms with Crippen LogP contribution in [0, 0.1) is 5.92 Å². The molecule has 0 aliphatic heterocycles. The van der Waals surface area contributed by atoms with Gasteiger partial charge >= 0.3 is 5.97 Å². The highest BCUT2D eigenvalue weighted by molar-refractivity contribution is 5.70. The Morgan fingerprint density at radius 3 is 2.56 bits per heavy atom. The molecule has 1 aliphatic carbocycles. The number of carboxylic acids is 1. The van der Waals surface area contributed by atoms with E-state index in [0.29, 0.717) is 32.2 Å². The third-order valence-corrected chi connectivity index (χ3v) is 3.80. The van der Waals surface area contributed by atoms with Gasteiger partial charge in [-0.05, 0) is 59.3 Å². The Morgan fingerprint density at radius 1 is 1.44 bits per heavy atom. The number of hydrogen-bond donors (Lipinski definition) is 3. The van der Waals surface area contributed by atoms with Crippen molar-refractivity contribution in [1.29, 1.82) is 0 Å². The van der Waals surface area contributed by atoms with Gasteiger partial charge in [0.15, 0.2) is 0 Å². The largest absolute Gasteiger partial charge is 0.481 e. The van der Waals surface area contributed by atoms with Crippen LogP contribution < -0.4 is 5.32 Å². The molecule has 5 heteroatoms. The molecule has 0 aromatic rings. The molecule has 0 aromatic carbocycles. The Kier molecular flexibility index (Phi) is 6.05. The molecule has 0 bridgehead atoms. The van der Waals surface area contributed by atoms with Crippen LogP contribution in [0.2, 0.25) is 0 Å². The van der Waals surface area contributed by atoms with Crippen molar-refractivity contribution in [2.24, 2.45) is 5.92 Å². The first-order valence-corrected chi connectivity index (χ1v) is 6.75. The molecule has 1 rings (SSSR count). The van der Waals surface area contributed by atoms with E-state index in [4.69, 9.17) is 5.11 Å². The van der Waals surface area contributed by atoms with Crippen LogP contribution in [0.5, 0.6) is 0 Å². The lowest BCUT2D eigenvalue weighted by atomic mass is 9.78. The lowest BCUT2D eigenvalue weighted by Gasteiger charge is -2.37. The Bertz CT molecular complexity index is 263. The predicted molar refractivity (Wildman–Crippen MR) is 70.6 cm³/mol. The fourth-order valence-electron chi connectivity index (χ4n) is 2.67. The van der Waals surface area contributed by atoms with Gasteiger partial charge in [-0.15, -0.1) is 0 Å². The highest BCUT2D eigenvalue weighted by Gasteiger charge is 2.36. The molecule has 1 aliphatic rings. The van der Waals surface area contributed by atoms with Gasteiger partial charge in [0.2, 0.25) is 0 Å². The molecule has 0 heterocycles. The number of nitrogens with zero attached hydrogens (tertiary/aromatic N) is 1. The first-order chi connectivity index (χ1) is 8.47. The number of carboxylic acid groups (broad SMARTS) is 1. The lowest BCUT2D eigenvalue weighted by molar-refractivity contribution is -0.145. The lowest BCUT2D eigenvalue weighted by Crippen LogP contribution is -2.45. The van der Waals surface area contributed by atoms with E-state index in [1.807, 2.05) is 14.1 Å². The van der Waals surface area contributed by atoms with Crippen molar-refractivity contribution in [3.63, 3.8) is 0 Å². The van der Waals surface area contributed by atoms with Crippen molar-refractivity contribution in [2.45, 2.75) is 37.7 Å². The molecule has 0 aromatic heterocycles. The van der Waals surface area contributed by atoms with E-state index in [1.54, 1.807) is 0 Å². The minimum Gasteiger partial charge on any atom is -0.481 e. The molecule has 3 N–H and O–H groups in total. The average Bonchev–Trinajstić information content (AvgIpc) is 2.29. The molecule has 5 nitrogen and oxygen atoms in total. The Hall–Kier alpha value is -0.650. The second kappa shape index (κ2) is 7.07. The van der Waals surface area contributed by atoms with Gasteiger partial charge < -0.3 is 20.4 Å². The summed E-state index contributed by atoms with van der Waals surface area (Å²) in [7, 11) is 3.94. The number of aliphatic carboxylic acids is 1. The van der Waals surface area contributed by atoms with Gasteiger partial charge in [-0.1, -0.05) is 0 Å². The van der Waals surface area contributed by atoms with Crippen LogP contribution in [0.4, 0.5) is 0 Å². The predicted octanol–water partition coefficient (Wildman–Crippen LogP) is 0.534. The summed E-state index contributed by atoms with van der Waals surface area (Å²) in [5.74, 6) is -0.987. The second-order valence-electron chi connectivity index (χ2n) is 5.53. The summed E-state index contributed by atoms with van der Waals surface area (Å²) in [5, 5.41) is 22.5. The normalized spacial score (nSPS) is 28.6. The number of likely N-dealkylation sites (N-methyl/N-ethyl adjacent to an activating group) is 1. The number of hydrogen-bond acceptors (Lipinski definition) is 4. The summed E-state index contributed by atoms with van der Waals surface area (Å²) in [4.78, 5) is 13.0. The summed E-state index contributed by atoms with van der Waals surface area (Å²) in [6, 6.07) is 0. The number of aliphatic hydroxyl groups is 1. The maximum Gasteiger partial charge on any atom is 0.306 e. The van der Waals surface area contributed by atoms with Crippen LogP contribution in [0.15, 0.2) is 0 Å². The summed E-state index contributed by atoms with van der Waals surface area (Å²) in [6.07, 6.45) is 3.44. The highest BCUT2D eigenvalue weighted by atomic mass is 16.4. The van der Waals surface area contributed by atoms with Crippen molar-refractivity contribution >= 4 is 5.97 Å². The molecule has 1 fully saturated rings. The quantitative estimate of drug-likeness (QED) is 0.581. The van der Waals surface area contributed by atoms with Gasteiger partial charge in [0.1, 0.15) is 0 Å². The van der Waals surface area contributed by atoms with Crippen molar-refractivity contribution in [3.05, 3.63) is 0 Å². The number of rotatable bonds is 7. The third-order valence-electron chi connectivity index (χ3n) is 3.80. The van der Waals surface area contributed by atoms with Gasteiger partial charge in [0, 0.05) is 6.54 Å². The first-order valence-electron chi connectivity index (χ1n) is 6.75. The van der Waals surface area contributed by atoms with Crippen LogP contribution in [0.3, 0.4) is 0 Å². The van der Waals surface area contributed by atoms with E-state index < -0.39 is 11.6 Å². The van der Waals surface area contributed by atoms with E-state index >= 15 is 0 Å². The monoisotopic (exact) mass is 258 g/mol. The highest BCUT2D eigenvalue weighted by Crippen LogP contribution is 2.32. The molecule has 18 heavy (non-hydrogen) atoms. The minimum atomic E-state index is -0.723. The SMILES string of the molecule is CNCCCN(C)CC1(O)CCC(C(=O)O)CC1. The summed E-state index contributed by atoms with van der Waals surface area (Å²) < 4.78 is 0. The molecular formula is C13H26N2O3. The maximum absolute atomic E-state index is 10.9. The van der Waals surface area contributed by atoms with E-state index in [0.717, 1.165) is 19.5 Å². The molecule has 0 spiro atoms. The summed E-state index contributed by atoms with van der Waals surface area (Å²) in [5.41, 5.74) is -0.694. The molecule has 0 saturated heterocycles. The second-order valence-corrected chi connectivity index (χ2v) is 5.53. The van der Waals surface area contributed by atoms with Gasteiger partial charge in [-0.2, -0.15) is 0 Å². The molecule has 0 radical (unpaired) electrons. The van der Waals surface area contributed by atoms with Crippen LogP contribution in [-0.4, -0.2) is 60.4 Å². The van der Waals surface area contributed by atoms with Crippen molar-refractivity contribution in [3.8, 4) is 0 Å². The van der Waals surface area contributed by atoms with Crippen molar-refractivity contribution in [1.82, 2.24) is 10.2 Å². The minimum absolute atomic E-state index is 0.264. The fourth-order valence-corrected chi connectivity index (χ4v) is 2.67. The zero-order chi connectivity index (χ0) is 13.6. The third kappa shape index (κ3) is 4.92. The average molecular weight is 258 g/mol. The van der Waals surface area contributed by atoms with E-state index in [1.165, 1.54) is 0 Å². The fraction of sp³-hybridized carbons (Fsp3) is 0.923. The van der Waals surface area contributed by atoms with Gasteiger partial charge in [-0.25, -0.2) is 0 Å². The summed E-state index contributed by atoms with van der Waals surface area (Å²) >= 11 is 0. The standard InChI is InChI=1S/C13H26N2O3/c1-14-8-3-9-15(2)10-13(18)6-4-11(5-7-13)12(16)17/h11,14,18H,3-10H2,1-2H3,(H,16,17). The van der Waals surface area contributed by atoms with Crippen LogP contribution >= 0.6 is 0 Å². The van der Waals surface area contributed by atoms with Gasteiger partial charge in [0.25, 0.3) is 0 Å². The molecule has 1 saturated carbocycles. The Balaban J connectivity index is 2.31. The number of nitrogens with one attached hydrogen (secondary N) is 1. The Morgan fingerprint density at radius 2 is 2.06 bits per heavy atom. The van der Waals surface area contributed by atoms with E-state index in [2.05, 4.69) is 10.2 Å². The van der Waals surface area contributed by atoms with Gasteiger partial charge in [0.05, 0.1) is 11.5 Å². The maximum atomic E-state index is 10.9. The van der Waals surface area contributed by atoms with Crippen LogP contribution in [0.1, 0.15) is 32.1 Å². The van der Waals surface area contributed by atoms with E-state index in [9.17, 15) is 9.90 Å². The number of carbonyl (C=O) groups is 1. The molecule has 0 amide bonds. The summed E-state index contributed by atoms with van der Waals surface area (Å²) in [6.45, 7) is 2.57.